The van der Waals surface area contributed by atoms with E-state index in [0.29, 0.717) is 13.1 Å². The molecule has 7 heteroatoms. The van der Waals surface area contributed by atoms with Gasteiger partial charge in [0.05, 0.1) is 0 Å². The summed E-state index contributed by atoms with van der Waals surface area (Å²) in [5.41, 5.74) is 0. The predicted octanol–water partition coefficient (Wildman–Crippen LogP) is 1.71. The molecule has 0 aliphatic carbocycles. The summed E-state index contributed by atoms with van der Waals surface area (Å²) in [6.45, 7) is 1.61. The third-order valence-corrected chi connectivity index (χ3v) is 5.39. The lowest BCUT2D eigenvalue weighted by atomic mass is 10.1. The maximum absolute atomic E-state index is 13.7. The average Bonchev–Trinajstić information content (AvgIpc) is 2.78. The number of nitrogens with one attached hydrogen (secondary N) is 1. The molecule has 19 heavy (non-hydrogen) atoms. The third kappa shape index (κ3) is 3.08. The molecule has 1 aliphatic rings. The molecule has 106 valence electrons. The third-order valence-electron chi connectivity index (χ3n) is 3.25. The van der Waals surface area contributed by atoms with Crippen molar-refractivity contribution in [3.8, 4) is 0 Å². The van der Waals surface area contributed by atoms with Crippen LogP contribution in [-0.2, 0) is 10.0 Å². The molecule has 1 unspecified atom stereocenters. The van der Waals surface area contributed by atoms with Gasteiger partial charge in [0.25, 0.3) is 0 Å². The van der Waals surface area contributed by atoms with E-state index in [1.807, 2.05) is 7.05 Å². The van der Waals surface area contributed by atoms with Crippen LogP contribution in [0.15, 0.2) is 23.1 Å². The van der Waals surface area contributed by atoms with Crippen molar-refractivity contribution in [3.05, 3.63) is 29.0 Å². The molecule has 1 N–H and O–H groups in total. The summed E-state index contributed by atoms with van der Waals surface area (Å²) >= 11 is 5.63. The van der Waals surface area contributed by atoms with Crippen LogP contribution in [0.5, 0.6) is 0 Å². The fourth-order valence-corrected chi connectivity index (χ4v) is 4.03. The predicted molar refractivity (Wildman–Crippen MR) is 72.2 cm³/mol. The monoisotopic (exact) mass is 306 g/mol. The van der Waals surface area contributed by atoms with Crippen LogP contribution in [0.4, 0.5) is 4.39 Å². The first kappa shape index (κ1) is 14.7. The van der Waals surface area contributed by atoms with Crippen molar-refractivity contribution in [1.82, 2.24) is 9.62 Å². The summed E-state index contributed by atoms with van der Waals surface area (Å²) in [6.07, 6.45) is 0.787. The van der Waals surface area contributed by atoms with E-state index in [0.717, 1.165) is 19.0 Å². The summed E-state index contributed by atoms with van der Waals surface area (Å²) in [4.78, 5) is -0.304. The topological polar surface area (TPSA) is 49.4 Å². The molecule has 0 amide bonds. The maximum Gasteiger partial charge on any atom is 0.245 e. The second-order valence-corrected chi connectivity index (χ2v) is 6.99. The van der Waals surface area contributed by atoms with E-state index >= 15 is 0 Å². The van der Waals surface area contributed by atoms with E-state index in [1.165, 1.54) is 16.4 Å². The molecular weight excluding hydrogens is 291 g/mol. The van der Waals surface area contributed by atoms with Gasteiger partial charge in [-0.05, 0) is 44.1 Å². The average molecular weight is 307 g/mol. The molecular formula is C12H16ClFN2O2S. The number of rotatable bonds is 4. The first-order valence-electron chi connectivity index (χ1n) is 6.05. The van der Waals surface area contributed by atoms with Gasteiger partial charge in [0.15, 0.2) is 0 Å². The van der Waals surface area contributed by atoms with Gasteiger partial charge in [0, 0.05) is 18.1 Å². The summed E-state index contributed by atoms with van der Waals surface area (Å²) in [5.74, 6) is -0.528. The van der Waals surface area contributed by atoms with Gasteiger partial charge in [-0.2, -0.15) is 4.31 Å². The largest absolute Gasteiger partial charge is 0.319 e. The molecule has 1 aromatic rings. The van der Waals surface area contributed by atoms with Crippen molar-refractivity contribution in [2.45, 2.75) is 11.3 Å². The highest BCUT2D eigenvalue weighted by Gasteiger charge is 2.33. The lowest BCUT2D eigenvalue weighted by Gasteiger charge is -2.17. The van der Waals surface area contributed by atoms with Gasteiger partial charge in [0.2, 0.25) is 10.0 Å². The zero-order chi connectivity index (χ0) is 14.0. The normalized spacial score (nSPS) is 20.9. The number of halogens is 2. The number of hydrogen-bond donors (Lipinski definition) is 1. The van der Waals surface area contributed by atoms with E-state index in [4.69, 9.17) is 11.6 Å². The van der Waals surface area contributed by atoms with Crippen LogP contribution in [0.2, 0.25) is 5.02 Å². The minimum absolute atomic E-state index is 0.186. The highest BCUT2D eigenvalue weighted by molar-refractivity contribution is 7.89. The van der Waals surface area contributed by atoms with Crippen LogP contribution in [0.1, 0.15) is 6.42 Å². The number of hydrogen-bond acceptors (Lipinski definition) is 3. The summed E-state index contributed by atoms with van der Waals surface area (Å²) in [7, 11) is -1.94. The molecule has 1 saturated heterocycles. The second-order valence-electron chi connectivity index (χ2n) is 4.65. The molecule has 4 nitrogen and oxygen atoms in total. The molecule has 1 aromatic carbocycles. The maximum atomic E-state index is 13.7. The van der Waals surface area contributed by atoms with Crippen molar-refractivity contribution < 1.29 is 12.8 Å². The van der Waals surface area contributed by atoms with Gasteiger partial charge < -0.3 is 5.32 Å². The Kier molecular flexibility index (Phi) is 4.45. The Morgan fingerprint density at radius 2 is 2.26 bits per heavy atom. The van der Waals surface area contributed by atoms with Gasteiger partial charge in [0.1, 0.15) is 10.7 Å². The standard InChI is InChI=1S/C12H16ClFN2O2S/c1-15-7-9-4-5-16(8-9)19(17,18)12-3-2-10(13)6-11(12)14/h2-3,6,9,15H,4-5,7-8H2,1H3. The van der Waals surface area contributed by atoms with Crippen LogP contribution in [0.3, 0.4) is 0 Å². The minimum atomic E-state index is -3.77. The molecule has 0 aromatic heterocycles. The van der Waals surface area contributed by atoms with Gasteiger partial charge in [-0.1, -0.05) is 11.6 Å². The van der Waals surface area contributed by atoms with Crippen molar-refractivity contribution in [2.24, 2.45) is 5.92 Å². The van der Waals surface area contributed by atoms with Crippen molar-refractivity contribution >= 4 is 21.6 Å². The molecule has 1 fully saturated rings. The summed E-state index contributed by atoms with van der Waals surface area (Å²) < 4.78 is 39.8. The molecule has 1 heterocycles. The zero-order valence-corrected chi connectivity index (χ0v) is 12.1. The highest BCUT2D eigenvalue weighted by Crippen LogP contribution is 2.26. The lowest BCUT2D eigenvalue weighted by Crippen LogP contribution is -2.31. The Morgan fingerprint density at radius 1 is 1.53 bits per heavy atom. The van der Waals surface area contributed by atoms with E-state index in [2.05, 4.69) is 5.32 Å². The molecule has 0 radical (unpaired) electrons. The fourth-order valence-electron chi connectivity index (χ4n) is 2.29. The van der Waals surface area contributed by atoms with Crippen LogP contribution in [0.25, 0.3) is 0 Å². The van der Waals surface area contributed by atoms with Gasteiger partial charge in [-0.15, -0.1) is 0 Å². The van der Waals surface area contributed by atoms with Gasteiger partial charge >= 0.3 is 0 Å². The number of nitrogens with zero attached hydrogens (tertiary/aromatic N) is 1. The number of sulfonamides is 1. The van der Waals surface area contributed by atoms with Gasteiger partial charge in [-0.3, -0.25) is 0 Å². The summed E-state index contributed by atoms with van der Waals surface area (Å²) in [5, 5.41) is 3.21. The van der Waals surface area contributed by atoms with Crippen molar-refractivity contribution in [1.29, 1.82) is 0 Å². The summed E-state index contributed by atoms with van der Waals surface area (Å²) in [6, 6.07) is 3.63. The first-order valence-corrected chi connectivity index (χ1v) is 7.86. The molecule has 2 rings (SSSR count). The van der Waals surface area contributed by atoms with E-state index in [-0.39, 0.29) is 15.8 Å². The second kappa shape index (κ2) is 5.75. The van der Waals surface area contributed by atoms with Crippen LogP contribution >= 0.6 is 11.6 Å². The van der Waals surface area contributed by atoms with E-state index < -0.39 is 15.8 Å². The Morgan fingerprint density at radius 3 is 2.89 bits per heavy atom. The zero-order valence-electron chi connectivity index (χ0n) is 10.6. The highest BCUT2D eigenvalue weighted by atomic mass is 35.5. The van der Waals surface area contributed by atoms with E-state index in [9.17, 15) is 12.8 Å². The smallest absolute Gasteiger partial charge is 0.245 e. The van der Waals surface area contributed by atoms with Crippen LogP contribution in [0, 0.1) is 11.7 Å². The fraction of sp³-hybridized carbons (Fsp3) is 0.500. The molecule has 0 saturated carbocycles. The Labute approximate surface area is 117 Å². The molecule has 0 spiro atoms. The molecule has 1 aliphatic heterocycles. The SMILES string of the molecule is CNCC1CCN(S(=O)(=O)c2ccc(Cl)cc2F)C1. The van der Waals surface area contributed by atoms with Crippen LogP contribution in [-0.4, -0.2) is 39.4 Å². The van der Waals surface area contributed by atoms with E-state index in [1.54, 1.807) is 0 Å². The Hall–Kier alpha value is -0.690. The molecule has 0 bridgehead atoms. The first-order chi connectivity index (χ1) is 8.95. The lowest BCUT2D eigenvalue weighted by molar-refractivity contribution is 0.446. The molecule has 1 atom stereocenters. The van der Waals surface area contributed by atoms with Crippen LogP contribution < -0.4 is 5.32 Å². The van der Waals surface area contributed by atoms with Crippen molar-refractivity contribution in [3.63, 3.8) is 0 Å². The minimum Gasteiger partial charge on any atom is -0.319 e. The van der Waals surface area contributed by atoms with Crippen molar-refractivity contribution in [2.75, 3.05) is 26.7 Å². The Bertz CT molecular complexity index is 565. The quantitative estimate of drug-likeness (QED) is 0.921. The number of benzene rings is 1. The Balaban J connectivity index is 2.23. The van der Waals surface area contributed by atoms with Gasteiger partial charge in [-0.25, -0.2) is 12.8 Å².